The Hall–Kier alpha value is -1.68. The van der Waals surface area contributed by atoms with E-state index in [9.17, 15) is 5.11 Å². The minimum Gasteiger partial charge on any atom is -0.404 e. The number of aliphatic hydroxyl groups is 1. The first-order chi connectivity index (χ1) is 13.8. The van der Waals surface area contributed by atoms with Crippen LogP contribution >= 0.6 is 0 Å². The summed E-state index contributed by atoms with van der Waals surface area (Å²) in [5.41, 5.74) is 0. The molecular weight excluding hydrogens is 372 g/mol. The lowest BCUT2D eigenvalue weighted by atomic mass is 10.0. The smallest absolute Gasteiger partial charge is 0.261 e. The second kappa shape index (κ2) is 10.9. The van der Waals surface area contributed by atoms with E-state index in [4.69, 9.17) is 4.43 Å². The topological polar surface area (TPSA) is 29.5 Å². The third kappa shape index (κ3) is 6.15. The van der Waals surface area contributed by atoms with Gasteiger partial charge in [0.05, 0.1) is 12.7 Å². The van der Waals surface area contributed by atoms with Crippen molar-refractivity contribution in [2.45, 2.75) is 65.0 Å². The Kier molecular flexibility index (Phi) is 8.88. The highest BCUT2D eigenvalue weighted by atomic mass is 28.4. The van der Waals surface area contributed by atoms with Crippen molar-refractivity contribution in [3.05, 3.63) is 72.8 Å². The Morgan fingerprint density at radius 2 is 1.45 bits per heavy atom. The van der Waals surface area contributed by atoms with Crippen LogP contribution in [0.15, 0.2) is 72.8 Å². The number of rotatable bonds is 10. The molecular formula is C26H38O2Si. The number of benzene rings is 2. The number of hydrogen-bond acceptors (Lipinski definition) is 2. The third-order valence-electron chi connectivity index (χ3n) is 5.56. The predicted octanol–water partition coefficient (Wildman–Crippen LogP) is 5.31. The van der Waals surface area contributed by atoms with Gasteiger partial charge in [0, 0.05) is 0 Å². The molecule has 3 heteroatoms. The van der Waals surface area contributed by atoms with Crippen LogP contribution in [-0.4, -0.2) is 26.1 Å². The van der Waals surface area contributed by atoms with E-state index >= 15 is 0 Å². The molecule has 0 amide bonds. The summed E-state index contributed by atoms with van der Waals surface area (Å²) in [7, 11) is -2.58. The van der Waals surface area contributed by atoms with Gasteiger partial charge in [-0.05, 0) is 27.8 Å². The fraction of sp³-hybridized carbons (Fsp3) is 0.462. The Morgan fingerprint density at radius 3 is 1.90 bits per heavy atom. The van der Waals surface area contributed by atoms with Crippen LogP contribution in [0.3, 0.4) is 0 Å². The number of unbranched alkanes of at least 4 members (excludes halogenated alkanes) is 1. The lowest BCUT2D eigenvalue weighted by molar-refractivity contribution is 0.138. The van der Waals surface area contributed by atoms with Crippen LogP contribution in [0, 0.1) is 5.92 Å². The van der Waals surface area contributed by atoms with Crippen LogP contribution in [0.5, 0.6) is 0 Å². The average molecular weight is 411 g/mol. The standard InChI is InChI=1S/C26H38O2Si/c1-6-7-14-22(2)19-20-23(27)21-28-29(26(3,4)5,24-15-10-8-11-16-24)25-17-12-9-13-18-25/h8-13,15-20,22-23,27H,6-7,14,21H2,1-5H3/b20-19+/t22-,23-/m1/s1. The number of allylic oxidation sites excluding steroid dienone is 1. The molecule has 0 aliphatic carbocycles. The zero-order chi connectivity index (χ0) is 21.3. The molecule has 0 saturated heterocycles. The molecule has 0 radical (unpaired) electrons. The van der Waals surface area contributed by atoms with Gasteiger partial charge >= 0.3 is 0 Å². The Labute approximate surface area is 178 Å². The van der Waals surface area contributed by atoms with E-state index < -0.39 is 14.4 Å². The van der Waals surface area contributed by atoms with Crippen LogP contribution in [-0.2, 0) is 4.43 Å². The van der Waals surface area contributed by atoms with Crippen LogP contribution < -0.4 is 10.4 Å². The van der Waals surface area contributed by atoms with Gasteiger partial charge in [-0.15, -0.1) is 0 Å². The number of hydrogen-bond donors (Lipinski definition) is 1. The first-order valence-electron chi connectivity index (χ1n) is 10.9. The van der Waals surface area contributed by atoms with Crippen LogP contribution in [0.2, 0.25) is 5.04 Å². The molecule has 0 saturated carbocycles. The summed E-state index contributed by atoms with van der Waals surface area (Å²) in [6.07, 6.45) is 7.04. The van der Waals surface area contributed by atoms with Gasteiger partial charge in [-0.1, -0.05) is 120 Å². The minimum absolute atomic E-state index is 0.0758. The van der Waals surface area contributed by atoms with Gasteiger partial charge in [0.1, 0.15) is 0 Å². The SMILES string of the molecule is CCCC[C@@H](C)/C=C/[C@@H](O)CO[Si](c1ccccc1)(c1ccccc1)C(C)(C)C. The lowest BCUT2D eigenvalue weighted by Gasteiger charge is -2.43. The van der Waals surface area contributed by atoms with Gasteiger partial charge in [-0.3, -0.25) is 0 Å². The lowest BCUT2D eigenvalue weighted by Crippen LogP contribution is -2.67. The molecule has 2 atom stereocenters. The fourth-order valence-corrected chi connectivity index (χ4v) is 8.54. The van der Waals surface area contributed by atoms with Gasteiger partial charge in [-0.25, -0.2) is 0 Å². The molecule has 0 spiro atoms. The molecule has 0 unspecified atom stereocenters. The first kappa shape index (κ1) is 23.6. The van der Waals surface area contributed by atoms with E-state index in [0.29, 0.717) is 12.5 Å². The average Bonchev–Trinajstić information content (AvgIpc) is 2.71. The van der Waals surface area contributed by atoms with Crippen molar-refractivity contribution in [2.24, 2.45) is 5.92 Å². The second-order valence-electron chi connectivity index (χ2n) is 9.05. The summed E-state index contributed by atoms with van der Waals surface area (Å²) >= 11 is 0. The maximum atomic E-state index is 10.7. The molecule has 0 heterocycles. The van der Waals surface area contributed by atoms with Gasteiger partial charge < -0.3 is 9.53 Å². The normalized spacial score (nSPS) is 14.8. The van der Waals surface area contributed by atoms with Crippen molar-refractivity contribution in [2.75, 3.05) is 6.61 Å². The van der Waals surface area contributed by atoms with Crippen LogP contribution in [0.4, 0.5) is 0 Å². The van der Waals surface area contributed by atoms with Crippen molar-refractivity contribution in [3.63, 3.8) is 0 Å². The van der Waals surface area contributed by atoms with Crippen LogP contribution in [0.1, 0.15) is 53.9 Å². The zero-order valence-corrected chi connectivity index (χ0v) is 19.8. The summed E-state index contributed by atoms with van der Waals surface area (Å²) in [4.78, 5) is 0. The second-order valence-corrected chi connectivity index (χ2v) is 13.4. The molecule has 2 aromatic carbocycles. The van der Waals surface area contributed by atoms with Gasteiger partial charge in [0.25, 0.3) is 8.32 Å². The molecule has 29 heavy (non-hydrogen) atoms. The molecule has 0 aromatic heterocycles. The monoisotopic (exact) mass is 410 g/mol. The minimum atomic E-state index is -2.58. The van der Waals surface area contributed by atoms with E-state index in [0.717, 1.165) is 6.42 Å². The van der Waals surface area contributed by atoms with Crippen LogP contribution in [0.25, 0.3) is 0 Å². The quantitative estimate of drug-likeness (QED) is 0.425. The third-order valence-corrected chi connectivity index (χ3v) is 10.6. The summed E-state index contributed by atoms with van der Waals surface area (Å²) < 4.78 is 6.78. The van der Waals surface area contributed by atoms with Crippen molar-refractivity contribution in [1.82, 2.24) is 0 Å². The Morgan fingerprint density at radius 1 is 0.931 bits per heavy atom. The van der Waals surface area contributed by atoms with Gasteiger partial charge in [0.2, 0.25) is 0 Å². The van der Waals surface area contributed by atoms with Crippen molar-refractivity contribution < 1.29 is 9.53 Å². The van der Waals surface area contributed by atoms with E-state index in [2.05, 4.69) is 89.2 Å². The van der Waals surface area contributed by atoms with E-state index in [1.807, 2.05) is 18.2 Å². The number of aliphatic hydroxyl groups excluding tert-OH is 1. The van der Waals surface area contributed by atoms with E-state index in [1.165, 1.54) is 23.2 Å². The summed E-state index contributed by atoms with van der Waals surface area (Å²) in [5.74, 6) is 0.484. The Balaban J connectivity index is 2.31. The highest BCUT2D eigenvalue weighted by Crippen LogP contribution is 2.36. The largest absolute Gasteiger partial charge is 0.404 e. The summed E-state index contributed by atoms with van der Waals surface area (Å²) in [5, 5.41) is 13.1. The summed E-state index contributed by atoms with van der Waals surface area (Å²) in [6, 6.07) is 21.2. The molecule has 0 aliphatic rings. The van der Waals surface area contributed by atoms with Crippen molar-refractivity contribution in [3.8, 4) is 0 Å². The summed E-state index contributed by atoms with van der Waals surface area (Å²) in [6.45, 7) is 11.5. The fourth-order valence-electron chi connectivity index (χ4n) is 3.97. The molecule has 2 rings (SSSR count). The maximum Gasteiger partial charge on any atom is 0.261 e. The van der Waals surface area contributed by atoms with E-state index in [1.54, 1.807) is 0 Å². The maximum absolute atomic E-state index is 10.7. The molecule has 0 aliphatic heterocycles. The van der Waals surface area contributed by atoms with Gasteiger partial charge in [0.15, 0.2) is 0 Å². The zero-order valence-electron chi connectivity index (χ0n) is 18.8. The highest BCUT2D eigenvalue weighted by molar-refractivity contribution is 6.99. The highest BCUT2D eigenvalue weighted by Gasteiger charge is 2.50. The molecule has 2 aromatic rings. The van der Waals surface area contributed by atoms with Crippen molar-refractivity contribution in [1.29, 1.82) is 0 Å². The Bertz CT molecular complexity index is 695. The molecule has 158 valence electrons. The molecule has 1 N–H and O–H groups in total. The molecule has 2 nitrogen and oxygen atoms in total. The predicted molar refractivity (Wildman–Crippen MR) is 127 cm³/mol. The molecule has 0 fully saturated rings. The van der Waals surface area contributed by atoms with Gasteiger partial charge in [-0.2, -0.15) is 0 Å². The van der Waals surface area contributed by atoms with E-state index in [-0.39, 0.29) is 5.04 Å². The molecule has 0 bridgehead atoms. The van der Waals surface area contributed by atoms with Crippen molar-refractivity contribution >= 4 is 18.7 Å². The first-order valence-corrected chi connectivity index (χ1v) is 12.8.